The largest absolute Gasteiger partial charge is 0.354 e. The molecule has 12 nitrogen and oxygen atoms in total. The molecule has 3 aromatic carbocycles. The maximum Gasteiger partial charge on any atom is 0.254 e. The van der Waals surface area contributed by atoms with Crippen molar-refractivity contribution in [3.63, 3.8) is 0 Å². The summed E-state index contributed by atoms with van der Waals surface area (Å²) in [6.45, 7) is 5.45. The molecule has 3 aromatic rings. The number of carbonyl (C=O) groups is 6. The van der Waals surface area contributed by atoms with Crippen molar-refractivity contribution in [1.29, 1.82) is 0 Å². The van der Waals surface area contributed by atoms with E-state index >= 15 is 0 Å². The fourth-order valence-corrected chi connectivity index (χ4v) is 9.45. The monoisotopic (exact) mass is 859 g/mol. The highest BCUT2D eigenvalue weighted by Gasteiger charge is 2.49. The molecule has 2 saturated heterocycles. The topological polar surface area (TPSA) is 148 Å². The molecule has 7 rings (SSSR count). The third-order valence-electron chi connectivity index (χ3n) is 13.4. The Kier molecular flexibility index (Phi) is 15.7. The van der Waals surface area contributed by atoms with E-state index in [0.29, 0.717) is 24.2 Å². The van der Waals surface area contributed by atoms with Crippen molar-refractivity contribution < 1.29 is 28.8 Å². The molecule has 0 spiro atoms. The summed E-state index contributed by atoms with van der Waals surface area (Å²) in [4.78, 5) is 87.7. The second-order valence-electron chi connectivity index (χ2n) is 18.1. The minimum Gasteiger partial charge on any atom is -0.354 e. The van der Waals surface area contributed by atoms with Crippen LogP contribution in [0.15, 0.2) is 84.9 Å². The van der Waals surface area contributed by atoms with Crippen LogP contribution in [0.4, 0.5) is 0 Å². The van der Waals surface area contributed by atoms with Crippen LogP contribution in [-0.2, 0) is 19.2 Å². The molecular formula is C51H66N6O6. The molecule has 0 unspecified atom stereocenters. The molecule has 4 fully saturated rings. The molecule has 0 radical (unpaired) electrons. The zero-order valence-electron chi connectivity index (χ0n) is 37.1. The fraction of sp³-hybridized carbons (Fsp3) is 0.529. The lowest BCUT2D eigenvalue weighted by molar-refractivity contribution is -0.145. The first-order chi connectivity index (χ1) is 30.7. The molecule has 2 aliphatic carbocycles. The summed E-state index contributed by atoms with van der Waals surface area (Å²) in [6, 6.07) is 25.6. The van der Waals surface area contributed by atoms with Gasteiger partial charge in [0, 0.05) is 61.2 Å². The predicted octanol–water partition coefficient (Wildman–Crippen LogP) is 6.43. The first-order valence-electron chi connectivity index (χ1n) is 23.6. The van der Waals surface area contributed by atoms with Crippen molar-refractivity contribution in [3.8, 4) is 0 Å². The molecule has 7 atom stereocenters. The number of unbranched alkanes of at least 4 members (excludes halogenated alkanes) is 8. The van der Waals surface area contributed by atoms with Gasteiger partial charge in [-0.2, -0.15) is 0 Å². The average Bonchev–Trinajstić information content (AvgIpc) is 4.22. The Morgan fingerprint density at radius 3 is 1.56 bits per heavy atom. The van der Waals surface area contributed by atoms with E-state index in [1.165, 1.54) is 22.4 Å². The molecular weight excluding hydrogens is 793 g/mol. The third kappa shape index (κ3) is 11.7. The molecule has 2 aliphatic heterocycles. The summed E-state index contributed by atoms with van der Waals surface area (Å²) in [5.41, 5.74) is 2.95. The van der Waals surface area contributed by atoms with E-state index in [2.05, 4.69) is 54.1 Å². The van der Waals surface area contributed by atoms with Crippen LogP contribution < -0.4 is 16.0 Å². The number of hydrogen-bond donors (Lipinski definition) is 3. The van der Waals surface area contributed by atoms with Gasteiger partial charge >= 0.3 is 0 Å². The number of likely N-dealkylation sites (tertiary alicyclic amines) is 1. The summed E-state index contributed by atoms with van der Waals surface area (Å²) >= 11 is 0. The lowest BCUT2D eigenvalue weighted by atomic mass is 9.94. The summed E-state index contributed by atoms with van der Waals surface area (Å²) < 4.78 is 0. The van der Waals surface area contributed by atoms with Crippen LogP contribution in [0, 0.1) is 11.8 Å². The van der Waals surface area contributed by atoms with E-state index in [4.69, 9.17) is 0 Å². The van der Waals surface area contributed by atoms with Gasteiger partial charge in [-0.3, -0.25) is 28.8 Å². The van der Waals surface area contributed by atoms with Crippen LogP contribution in [0.5, 0.6) is 0 Å². The number of carbonyl (C=O) groups excluding carboxylic acids is 6. The quantitative estimate of drug-likeness (QED) is 0.105. The van der Waals surface area contributed by atoms with Gasteiger partial charge in [-0.25, -0.2) is 0 Å². The van der Waals surface area contributed by atoms with Crippen molar-refractivity contribution in [2.24, 2.45) is 11.8 Å². The SMILES string of the molecule is CCCCCCCCN1C(=O)CN(C(=O)c2ccc(C(=O)N3C[C@@H](C(=O)N[C@H]4C[C@@H]4c4ccccc4)[C@H](C(=O)N[C@H]4C[C@@H]4c4ccccc4)C3)cc2)C[C@@H]1C(=O)NCCCCCC. The van der Waals surface area contributed by atoms with E-state index in [1.54, 1.807) is 34.1 Å². The molecule has 63 heavy (non-hydrogen) atoms. The molecule has 4 aliphatic rings. The number of piperazine rings is 1. The van der Waals surface area contributed by atoms with Gasteiger partial charge in [0.1, 0.15) is 12.6 Å². The van der Waals surface area contributed by atoms with Crippen LogP contribution in [0.25, 0.3) is 0 Å². The number of amides is 6. The number of nitrogens with one attached hydrogen (secondary N) is 3. The first kappa shape index (κ1) is 45.5. The maximum atomic E-state index is 14.1. The molecule has 3 N–H and O–H groups in total. The number of rotatable bonds is 21. The van der Waals surface area contributed by atoms with E-state index in [0.717, 1.165) is 70.6 Å². The molecule has 0 aromatic heterocycles. The van der Waals surface area contributed by atoms with E-state index in [-0.39, 0.29) is 85.5 Å². The maximum absolute atomic E-state index is 14.1. The molecule has 2 heterocycles. The average molecular weight is 859 g/mol. The second kappa shape index (κ2) is 21.7. The Hall–Kier alpha value is -5.52. The lowest BCUT2D eigenvalue weighted by Crippen LogP contribution is -2.62. The van der Waals surface area contributed by atoms with Gasteiger partial charge in [0.05, 0.1) is 18.4 Å². The summed E-state index contributed by atoms with van der Waals surface area (Å²) in [7, 11) is 0. The minimum atomic E-state index is -0.781. The van der Waals surface area contributed by atoms with Gasteiger partial charge in [0.2, 0.25) is 23.6 Å². The number of hydrogen-bond acceptors (Lipinski definition) is 6. The zero-order chi connectivity index (χ0) is 44.3. The van der Waals surface area contributed by atoms with Crippen LogP contribution in [0.1, 0.15) is 135 Å². The van der Waals surface area contributed by atoms with Gasteiger partial charge in [0.15, 0.2) is 0 Å². The van der Waals surface area contributed by atoms with Gasteiger partial charge in [-0.15, -0.1) is 0 Å². The Morgan fingerprint density at radius 1 is 0.556 bits per heavy atom. The van der Waals surface area contributed by atoms with E-state index < -0.39 is 17.9 Å². The Labute approximate surface area is 372 Å². The van der Waals surface area contributed by atoms with Crippen LogP contribution in [0.2, 0.25) is 0 Å². The van der Waals surface area contributed by atoms with Crippen molar-refractivity contribution in [1.82, 2.24) is 30.7 Å². The molecule has 12 heteroatoms. The van der Waals surface area contributed by atoms with Crippen LogP contribution >= 0.6 is 0 Å². The first-order valence-corrected chi connectivity index (χ1v) is 23.6. The molecule has 2 saturated carbocycles. The standard InChI is InChI=1S/C51H66N6O6/c1-3-5-7-9-10-18-28-57-45(49(61)52-27-17-8-6-4-2)33-56(34-46(57)58)51(63)38-25-23-37(24-26-38)50(62)55-31-41(47(59)53-43-29-39(43)35-19-13-11-14-20-35)42(32-55)48(60)54-44-30-40(44)36-21-15-12-16-22-36/h11-16,19-26,39-45H,3-10,17-18,27-34H2,1-2H3,(H,52,61)(H,53,59)(H,54,60)/t39-,40-,41-,42-,43+,44+,45-/m1/s1. The normalized spacial score (nSPS) is 23.9. The predicted molar refractivity (Wildman–Crippen MR) is 243 cm³/mol. The Bertz CT molecular complexity index is 1970. The van der Waals surface area contributed by atoms with Gasteiger partial charge in [0.25, 0.3) is 11.8 Å². The minimum absolute atomic E-state index is 0.0249. The third-order valence-corrected chi connectivity index (χ3v) is 13.4. The highest BCUT2D eigenvalue weighted by atomic mass is 16.2. The summed E-state index contributed by atoms with van der Waals surface area (Å²) in [6.07, 6.45) is 12.1. The number of benzene rings is 3. The van der Waals surface area contributed by atoms with Gasteiger partial charge < -0.3 is 30.7 Å². The molecule has 336 valence electrons. The van der Waals surface area contributed by atoms with Crippen LogP contribution in [0.3, 0.4) is 0 Å². The summed E-state index contributed by atoms with van der Waals surface area (Å²) in [5, 5.41) is 9.39. The highest BCUT2D eigenvalue weighted by molar-refractivity contribution is 6.01. The Morgan fingerprint density at radius 2 is 1.03 bits per heavy atom. The zero-order valence-corrected chi connectivity index (χ0v) is 37.1. The lowest BCUT2D eigenvalue weighted by Gasteiger charge is -2.40. The highest BCUT2D eigenvalue weighted by Crippen LogP contribution is 2.42. The smallest absolute Gasteiger partial charge is 0.254 e. The fourth-order valence-electron chi connectivity index (χ4n) is 9.45. The van der Waals surface area contributed by atoms with Crippen molar-refractivity contribution >= 4 is 35.4 Å². The van der Waals surface area contributed by atoms with Crippen LogP contribution in [-0.4, -0.2) is 108 Å². The van der Waals surface area contributed by atoms with Crippen molar-refractivity contribution in [3.05, 3.63) is 107 Å². The van der Waals surface area contributed by atoms with E-state index in [9.17, 15) is 28.8 Å². The second-order valence-corrected chi connectivity index (χ2v) is 18.1. The van der Waals surface area contributed by atoms with Gasteiger partial charge in [-0.05, 0) is 61.1 Å². The number of nitrogens with zero attached hydrogens (tertiary/aromatic N) is 3. The Balaban J connectivity index is 0.992. The van der Waals surface area contributed by atoms with Gasteiger partial charge in [-0.1, -0.05) is 126 Å². The summed E-state index contributed by atoms with van der Waals surface area (Å²) in [5.74, 6) is -2.67. The molecule has 6 amide bonds. The van der Waals surface area contributed by atoms with Crippen molar-refractivity contribution in [2.75, 3.05) is 39.3 Å². The molecule has 0 bridgehead atoms. The van der Waals surface area contributed by atoms with E-state index in [1.807, 2.05) is 36.4 Å². The van der Waals surface area contributed by atoms with Crippen molar-refractivity contribution in [2.45, 2.75) is 121 Å².